The second-order valence-electron chi connectivity index (χ2n) is 8.97. The highest BCUT2D eigenvalue weighted by Crippen LogP contribution is 2.39. The molecule has 3 aromatic carbocycles. The van der Waals surface area contributed by atoms with Crippen molar-refractivity contribution in [2.24, 2.45) is 5.92 Å². The SMILES string of the molecule is CCOc1ccc(OCc2ccc(-c3ccc(C4CCC(CC)CC4)c(F)c3F)cc2)c(F)c1. The zero-order chi connectivity index (χ0) is 24.1. The molecule has 4 rings (SSSR count). The van der Waals surface area contributed by atoms with E-state index in [-0.39, 0.29) is 23.8 Å². The third kappa shape index (κ3) is 5.40. The van der Waals surface area contributed by atoms with Gasteiger partial charge in [0.2, 0.25) is 0 Å². The molecule has 0 heterocycles. The van der Waals surface area contributed by atoms with E-state index >= 15 is 0 Å². The van der Waals surface area contributed by atoms with Crippen LogP contribution in [0.5, 0.6) is 11.5 Å². The normalized spacial score (nSPS) is 18.0. The Morgan fingerprint density at radius 1 is 0.794 bits per heavy atom. The molecule has 1 fully saturated rings. The lowest BCUT2D eigenvalue weighted by Crippen LogP contribution is -2.14. The van der Waals surface area contributed by atoms with Crippen molar-refractivity contribution in [2.45, 2.75) is 58.5 Å². The summed E-state index contributed by atoms with van der Waals surface area (Å²) < 4.78 is 55.0. The molecule has 0 bridgehead atoms. The lowest BCUT2D eigenvalue weighted by atomic mass is 9.77. The van der Waals surface area contributed by atoms with E-state index in [1.54, 1.807) is 42.5 Å². The third-order valence-electron chi connectivity index (χ3n) is 6.85. The molecule has 5 heteroatoms. The molecule has 0 N–H and O–H groups in total. The first kappa shape index (κ1) is 24.2. The smallest absolute Gasteiger partial charge is 0.168 e. The number of rotatable bonds is 8. The zero-order valence-corrected chi connectivity index (χ0v) is 19.8. The van der Waals surface area contributed by atoms with Crippen LogP contribution in [-0.2, 0) is 6.61 Å². The predicted octanol–water partition coefficient (Wildman–Crippen LogP) is 8.43. The van der Waals surface area contributed by atoms with Crippen molar-refractivity contribution in [3.8, 4) is 22.6 Å². The van der Waals surface area contributed by atoms with Crippen molar-refractivity contribution in [2.75, 3.05) is 6.61 Å². The highest BCUT2D eigenvalue weighted by molar-refractivity contribution is 5.65. The van der Waals surface area contributed by atoms with Crippen LogP contribution in [0.4, 0.5) is 13.2 Å². The standard InChI is InChI=1S/C29H31F3O2/c1-3-19-5-9-21(10-6-19)24-14-15-25(29(32)28(24)31)22-11-7-20(8-12-22)18-34-27-16-13-23(33-4-2)17-26(27)30/h7-8,11-17,19,21H,3-6,9-10,18H2,1-2H3. The van der Waals surface area contributed by atoms with Gasteiger partial charge in [-0.25, -0.2) is 13.2 Å². The Balaban J connectivity index is 1.43. The minimum absolute atomic E-state index is 0.0915. The van der Waals surface area contributed by atoms with Crippen molar-refractivity contribution in [3.05, 3.63) is 83.2 Å². The third-order valence-corrected chi connectivity index (χ3v) is 6.85. The monoisotopic (exact) mass is 468 g/mol. The van der Waals surface area contributed by atoms with Crippen molar-refractivity contribution in [3.63, 3.8) is 0 Å². The van der Waals surface area contributed by atoms with Gasteiger partial charge in [0.05, 0.1) is 6.61 Å². The molecule has 0 radical (unpaired) electrons. The van der Waals surface area contributed by atoms with Crippen molar-refractivity contribution >= 4 is 0 Å². The summed E-state index contributed by atoms with van der Waals surface area (Å²) in [7, 11) is 0. The largest absolute Gasteiger partial charge is 0.494 e. The summed E-state index contributed by atoms with van der Waals surface area (Å²) in [4.78, 5) is 0. The second-order valence-corrected chi connectivity index (χ2v) is 8.97. The highest BCUT2D eigenvalue weighted by Gasteiger charge is 2.26. The molecule has 0 spiro atoms. The van der Waals surface area contributed by atoms with E-state index in [1.165, 1.54) is 12.1 Å². The van der Waals surface area contributed by atoms with Gasteiger partial charge in [-0.05, 0) is 73.3 Å². The molecule has 0 saturated heterocycles. The first-order valence-electron chi connectivity index (χ1n) is 12.1. The van der Waals surface area contributed by atoms with Crippen LogP contribution < -0.4 is 9.47 Å². The average molecular weight is 469 g/mol. The topological polar surface area (TPSA) is 18.5 Å². The van der Waals surface area contributed by atoms with Gasteiger partial charge in [-0.1, -0.05) is 49.7 Å². The van der Waals surface area contributed by atoms with Gasteiger partial charge in [0, 0.05) is 11.6 Å². The van der Waals surface area contributed by atoms with E-state index in [1.807, 2.05) is 6.92 Å². The molecule has 1 aliphatic rings. The minimum Gasteiger partial charge on any atom is -0.494 e. The number of hydrogen-bond donors (Lipinski definition) is 0. The molecule has 0 aromatic heterocycles. The Kier molecular flexibility index (Phi) is 7.81. The Morgan fingerprint density at radius 2 is 1.53 bits per heavy atom. The quantitative estimate of drug-likeness (QED) is 0.330. The summed E-state index contributed by atoms with van der Waals surface area (Å²) in [6.07, 6.45) is 5.14. The fraction of sp³-hybridized carbons (Fsp3) is 0.379. The summed E-state index contributed by atoms with van der Waals surface area (Å²) in [6, 6.07) is 14.9. The van der Waals surface area contributed by atoms with E-state index in [4.69, 9.17) is 9.47 Å². The average Bonchev–Trinajstić information content (AvgIpc) is 2.86. The number of hydrogen-bond acceptors (Lipinski definition) is 2. The predicted molar refractivity (Wildman–Crippen MR) is 129 cm³/mol. The molecule has 0 atom stereocenters. The summed E-state index contributed by atoms with van der Waals surface area (Å²) in [5.41, 5.74) is 2.13. The van der Waals surface area contributed by atoms with Crippen LogP contribution in [-0.4, -0.2) is 6.61 Å². The van der Waals surface area contributed by atoms with Crippen LogP contribution in [0.15, 0.2) is 54.6 Å². The zero-order valence-electron chi connectivity index (χ0n) is 19.8. The van der Waals surface area contributed by atoms with Gasteiger partial charge >= 0.3 is 0 Å². The van der Waals surface area contributed by atoms with E-state index in [2.05, 4.69) is 6.92 Å². The van der Waals surface area contributed by atoms with E-state index in [0.29, 0.717) is 29.4 Å². The Labute approximate surface area is 199 Å². The second kappa shape index (κ2) is 11.0. The van der Waals surface area contributed by atoms with Gasteiger partial charge in [-0.3, -0.25) is 0 Å². The van der Waals surface area contributed by atoms with Crippen LogP contribution in [0.25, 0.3) is 11.1 Å². The Bertz CT molecular complexity index is 1100. The highest BCUT2D eigenvalue weighted by atomic mass is 19.2. The summed E-state index contributed by atoms with van der Waals surface area (Å²) in [5, 5.41) is 0. The maximum atomic E-state index is 15.0. The van der Waals surface area contributed by atoms with Crippen LogP contribution in [0.3, 0.4) is 0 Å². The lowest BCUT2D eigenvalue weighted by Gasteiger charge is -2.28. The summed E-state index contributed by atoms with van der Waals surface area (Å²) in [5.74, 6) is -0.643. The molecular weight excluding hydrogens is 437 g/mol. The first-order chi connectivity index (χ1) is 16.5. The van der Waals surface area contributed by atoms with Crippen molar-refractivity contribution in [1.29, 1.82) is 0 Å². The van der Waals surface area contributed by atoms with Crippen LogP contribution >= 0.6 is 0 Å². The fourth-order valence-electron chi connectivity index (χ4n) is 4.78. The molecule has 0 aliphatic heterocycles. The first-order valence-corrected chi connectivity index (χ1v) is 12.1. The summed E-state index contributed by atoms with van der Waals surface area (Å²) in [6.45, 7) is 4.63. The van der Waals surface area contributed by atoms with Gasteiger partial charge in [0.15, 0.2) is 23.2 Å². The number of benzene rings is 3. The molecule has 34 heavy (non-hydrogen) atoms. The maximum Gasteiger partial charge on any atom is 0.168 e. The molecule has 0 unspecified atom stereocenters. The van der Waals surface area contributed by atoms with Gasteiger partial charge in [0.25, 0.3) is 0 Å². The Hall–Kier alpha value is -2.95. The fourth-order valence-corrected chi connectivity index (χ4v) is 4.78. The molecule has 0 amide bonds. The molecule has 2 nitrogen and oxygen atoms in total. The van der Waals surface area contributed by atoms with Crippen LogP contribution in [0.1, 0.15) is 63.0 Å². The van der Waals surface area contributed by atoms with E-state index in [0.717, 1.165) is 37.7 Å². The van der Waals surface area contributed by atoms with Crippen LogP contribution in [0, 0.1) is 23.4 Å². The number of halogens is 3. The molecular formula is C29H31F3O2. The van der Waals surface area contributed by atoms with Crippen LogP contribution in [0.2, 0.25) is 0 Å². The maximum absolute atomic E-state index is 15.0. The van der Waals surface area contributed by atoms with Gasteiger partial charge in [-0.2, -0.15) is 0 Å². The lowest BCUT2D eigenvalue weighted by molar-refractivity contribution is 0.287. The van der Waals surface area contributed by atoms with Gasteiger partial charge in [-0.15, -0.1) is 0 Å². The molecule has 1 saturated carbocycles. The van der Waals surface area contributed by atoms with Crippen molar-refractivity contribution < 1.29 is 22.6 Å². The molecule has 1 aliphatic carbocycles. The molecule has 180 valence electrons. The van der Waals surface area contributed by atoms with Crippen molar-refractivity contribution in [1.82, 2.24) is 0 Å². The Morgan fingerprint density at radius 3 is 2.18 bits per heavy atom. The summed E-state index contributed by atoms with van der Waals surface area (Å²) >= 11 is 0. The van der Waals surface area contributed by atoms with E-state index in [9.17, 15) is 13.2 Å². The molecule has 3 aromatic rings. The number of ether oxygens (including phenoxy) is 2. The van der Waals surface area contributed by atoms with Gasteiger partial charge in [0.1, 0.15) is 12.4 Å². The minimum atomic E-state index is -0.796. The van der Waals surface area contributed by atoms with E-state index < -0.39 is 17.5 Å². The van der Waals surface area contributed by atoms with Gasteiger partial charge < -0.3 is 9.47 Å².